The Morgan fingerprint density at radius 1 is 1.09 bits per heavy atom. The van der Waals surface area contributed by atoms with Gasteiger partial charge in [0.15, 0.2) is 5.78 Å². The van der Waals surface area contributed by atoms with Gasteiger partial charge in [-0.1, -0.05) is 49.4 Å². The maximum absolute atomic E-state index is 12.7. The summed E-state index contributed by atoms with van der Waals surface area (Å²) in [6.45, 7) is 2.48. The minimum Gasteiger partial charge on any atom is -0.308 e. The van der Waals surface area contributed by atoms with Gasteiger partial charge in [0.1, 0.15) is 0 Å². The largest absolute Gasteiger partial charge is 0.308 e. The van der Waals surface area contributed by atoms with E-state index in [0.29, 0.717) is 24.2 Å². The van der Waals surface area contributed by atoms with Crippen LogP contribution < -0.4 is 4.90 Å². The number of rotatable bonds is 3. The molecule has 3 nitrogen and oxygen atoms in total. The van der Waals surface area contributed by atoms with E-state index in [0.717, 1.165) is 17.6 Å². The van der Waals surface area contributed by atoms with Crippen LogP contribution in [0.3, 0.4) is 0 Å². The first-order chi connectivity index (χ1) is 11.2. The van der Waals surface area contributed by atoms with Crippen molar-refractivity contribution in [3.8, 4) is 0 Å². The fourth-order valence-corrected chi connectivity index (χ4v) is 2.91. The van der Waals surface area contributed by atoms with Crippen molar-refractivity contribution in [1.29, 1.82) is 0 Å². The molecule has 0 aromatic heterocycles. The summed E-state index contributed by atoms with van der Waals surface area (Å²) >= 11 is 0. The molecular weight excluding hydrogens is 286 g/mol. The molecule has 3 heteroatoms. The normalized spacial score (nSPS) is 14.6. The average molecular weight is 305 g/mol. The van der Waals surface area contributed by atoms with E-state index in [-0.39, 0.29) is 11.7 Å². The quantitative estimate of drug-likeness (QED) is 0.801. The standard InChI is InChI=1S/C20H19NO2/c1-2-15(16-8-4-3-5-9-16)14-20(23)21-13-12-19(22)17-10-6-7-11-18(17)21/h3-11,14H,2,12-13H2,1H3/b15-14+. The highest BCUT2D eigenvalue weighted by molar-refractivity contribution is 6.12. The molecular formula is C20H19NO2. The summed E-state index contributed by atoms with van der Waals surface area (Å²) in [6, 6.07) is 17.3. The Bertz CT molecular complexity index is 762. The molecule has 0 saturated carbocycles. The van der Waals surface area contributed by atoms with Gasteiger partial charge in [-0.25, -0.2) is 0 Å². The van der Waals surface area contributed by atoms with Gasteiger partial charge in [-0.15, -0.1) is 0 Å². The third-order valence-electron chi connectivity index (χ3n) is 4.15. The van der Waals surface area contributed by atoms with Crippen molar-refractivity contribution in [1.82, 2.24) is 0 Å². The molecule has 23 heavy (non-hydrogen) atoms. The van der Waals surface area contributed by atoms with Gasteiger partial charge in [0, 0.05) is 24.6 Å². The van der Waals surface area contributed by atoms with E-state index in [1.165, 1.54) is 0 Å². The Hall–Kier alpha value is -2.68. The molecule has 0 spiro atoms. The molecule has 1 heterocycles. The number of para-hydroxylation sites is 1. The van der Waals surface area contributed by atoms with Gasteiger partial charge in [0.2, 0.25) is 0 Å². The molecule has 1 aliphatic heterocycles. The van der Waals surface area contributed by atoms with Crippen LogP contribution in [0.4, 0.5) is 5.69 Å². The molecule has 116 valence electrons. The number of hydrogen-bond donors (Lipinski definition) is 0. The molecule has 0 unspecified atom stereocenters. The lowest BCUT2D eigenvalue weighted by Gasteiger charge is -2.28. The molecule has 1 aliphatic rings. The van der Waals surface area contributed by atoms with Crippen LogP contribution in [0.1, 0.15) is 35.7 Å². The van der Waals surface area contributed by atoms with Crippen molar-refractivity contribution in [2.45, 2.75) is 19.8 Å². The van der Waals surface area contributed by atoms with E-state index in [1.807, 2.05) is 55.5 Å². The molecule has 0 aliphatic carbocycles. The molecule has 3 rings (SSSR count). The zero-order chi connectivity index (χ0) is 16.2. The molecule has 2 aromatic rings. The van der Waals surface area contributed by atoms with Crippen molar-refractivity contribution in [3.05, 3.63) is 71.8 Å². The Morgan fingerprint density at radius 3 is 2.52 bits per heavy atom. The SMILES string of the molecule is CC/C(=C\C(=O)N1CCC(=O)c2ccccc21)c1ccccc1. The first kappa shape index (κ1) is 15.2. The number of fused-ring (bicyclic) bond motifs is 1. The topological polar surface area (TPSA) is 37.4 Å². The Labute approximate surface area is 136 Å². The van der Waals surface area contributed by atoms with E-state index in [9.17, 15) is 9.59 Å². The number of carbonyl (C=O) groups is 2. The number of allylic oxidation sites excluding steroid dienone is 1. The van der Waals surface area contributed by atoms with Crippen LogP contribution in [0, 0.1) is 0 Å². The molecule has 2 aromatic carbocycles. The third kappa shape index (κ3) is 3.09. The Balaban J connectivity index is 1.93. The zero-order valence-electron chi connectivity index (χ0n) is 13.2. The molecule has 0 radical (unpaired) electrons. The minimum absolute atomic E-state index is 0.0642. The number of ketones is 1. The minimum atomic E-state index is -0.0642. The van der Waals surface area contributed by atoms with Gasteiger partial charge in [0.25, 0.3) is 5.91 Å². The molecule has 0 N–H and O–H groups in total. The predicted octanol–water partition coefficient (Wildman–Crippen LogP) is 4.10. The Morgan fingerprint density at radius 2 is 1.78 bits per heavy atom. The number of benzene rings is 2. The molecule has 0 saturated heterocycles. The lowest BCUT2D eigenvalue weighted by molar-refractivity contribution is -0.114. The maximum Gasteiger partial charge on any atom is 0.251 e. The Kier molecular flexibility index (Phi) is 4.38. The maximum atomic E-state index is 12.7. The lowest BCUT2D eigenvalue weighted by atomic mass is 9.99. The predicted molar refractivity (Wildman–Crippen MR) is 92.5 cm³/mol. The highest BCUT2D eigenvalue weighted by Gasteiger charge is 2.26. The van der Waals surface area contributed by atoms with Crippen LogP contribution in [0.15, 0.2) is 60.7 Å². The van der Waals surface area contributed by atoms with Crippen LogP contribution in [0.2, 0.25) is 0 Å². The first-order valence-electron chi connectivity index (χ1n) is 7.90. The van der Waals surface area contributed by atoms with Gasteiger partial charge in [0.05, 0.1) is 5.69 Å². The van der Waals surface area contributed by atoms with Gasteiger partial charge in [-0.2, -0.15) is 0 Å². The average Bonchev–Trinajstić information content (AvgIpc) is 2.61. The summed E-state index contributed by atoms with van der Waals surface area (Å²) < 4.78 is 0. The van der Waals surface area contributed by atoms with E-state index in [1.54, 1.807) is 17.0 Å². The molecule has 0 bridgehead atoms. The van der Waals surface area contributed by atoms with Crippen LogP contribution in [-0.2, 0) is 4.79 Å². The summed E-state index contributed by atoms with van der Waals surface area (Å²) in [5.74, 6) is 0.0399. The zero-order valence-corrected chi connectivity index (χ0v) is 13.2. The van der Waals surface area contributed by atoms with Gasteiger partial charge >= 0.3 is 0 Å². The van der Waals surface area contributed by atoms with Crippen molar-refractivity contribution in [3.63, 3.8) is 0 Å². The van der Waals surface area contributed by atoms with Gasteiger partial charge < -0.3 is 4.90 Å². The second-order valence-corrected chi connectivity index (χ2v) is 5.57. The highest BCUT2D eigenvalue weighted by Crippen LogP contribution is 2.28. The lowest BCUT2D eigenvalue weighted by Crippen LogP contribution is -2.36. The second-order valence-electron chi connectivity index (χ2n) is 5.57. The second kappa shape index (κ2) is 6.61. The van der Waals surface area contributed by atoms with E-state index in [4.69, 9.17) is 0 Å². The van der Waals surface area contributed by atoms with Crippen molar-refractivity contribution in [2.24, 2.45) is 0 Å². The van der Waals surface area contributed by atoms with Crippen molar-refractivity contribution < 1.29 is 9.59 Å². The molecule has 1 amide bonds. The summed E-state index contributed by atoms with van der Waals surface area (Å²) in [6.07, 6.45) is 2.86. The monoisotopic (exact) mass is 305 g/mol. The van der Waals surface area contributed by atoms with E-state index >= 15 is 0 Å². The van der Waals surface area contributed by atoms with Crippen LogP contribution in [0.25, 0.3) is 5.57 Å². The fraction of sp³-hybridized carbons (Fsp3) is 0.200. The third-order valence-corrected chi connectivity index (χ3v) is 4.15. The number of anilines is 1. The fourth-order valence-electron chi connectivity index (χ4n) is 2.91. The van der Waals surface area contributed by atoms with Gasteiger partial charge in [-0.3, -0.25) is 9.59 Å². The van der Waals surface area contributed by atoms with Crippen molar-refractivity contribution in [2.75, 3.05) is 11.4 Å². The number of nitrogens with zero attached hydrogens (tertiary/aromatic N) is 1. The summed E-state index contributed by atoms with van der Waals surface area (Å²) in [4.78, 5) is 26.5. The summed E-state index contributed by atoms with van der Waals surface area (Å²) in [5.41, 5.74) is 3.42. The van der Waals surface area contributed by atoms with Gasteiger partial charge in [-0.05, 0) is 29.7 Å². The van der Waals surface area contributed by atoms with Crippen LogP contribution in [-0.4, -0.2) is 18.2 Å². The van der Waals surface area contributed by atoms with Crippen LogP contribution in [0.5, 0.6) is 0 Å². The summed E-state index contributed by atoms with van der Waals surface area (Å²) in [5, 5.41) is 0. The number of hydrogen-bond acceptors (Lipinski definition) is 2. The number of Topliss-reactive ketones (excluding diaryl/α,β-unsaturated/α-hetero) is 1. The molecule has 0 fully saturated rings. The van der Waals surface area contributed by atoms with E-state index in [2.05, 4.69) is 0 Å². The first-order valence-corrected chi connectivity index (χ1v) is 7.90. The van der Waals surface area contributed by atoms with E-state index < -0.39 is 0 Å². The van der Waals surface area contributed by atoms with Crippen LogP contribution >= 0.6 is 0 Å². The van der Waals surface area contributed by atoms with Crippen molar-refractivity contribution >= 4 is 23.0 Å². The smallest absolute Gasteiger partial charge is 0.251 e. The summed E-state index contributed by atoms with van der Waals surface area (Å²) in [7, 11) is 0. The number of amides is 1. The number of carbonyl (C=O) groups excluding carboxylic acids is 2. The molecule has 0 atom stereocenters. The highest BCUT2D eigenvalue weighted by atomic mass is 16.2.